The molecule has 5 nitrogen and oxygen atoms in total. The van der Waals surface area contributed by atoms with E-state index in [1.807, 2.05) is 31.4 Å². The molecular weight excluding hydrogens is 276 g/mol. The number of carbonyl (C=O) groups excluding carboxylic acids is 1. The number of amides is 1. The van der Waals surface area contributed by atoms with Gasteiger partial charge in [0.2, 0.25) is 5.91 Å². The van der Waals surface area contributed by atoms with Gasteiger partial charge in [0.25, 0.3) is 0 Å². The molecule has 0 saturated heterocycles. The predicted molar refractivity (Wildman–Crippen MR) is 80.0 cm³/mol. The molecule has 0 atom stereocenters. The minimum atomic E-state index is -0.0431. The van der Waals surface area contributed by atoms with E-state index in [2.05, 4.69) is 15.3 Å². The summed E-state index contributed by atoms with van der Waals surface area (Å²) in [5.41, 5.74) is 2.63. The van der Waals surface area contributed by atoms with Crippen LogP contribution in [0.15, 0.2) is 12.3 Å². The van der Waals surface area contributed by atoms with E-state index in [0.29, 0.717) is 12.3 Å². The summed E-state index contributed by atoms with van der Waals surface area (Å²) in [7, 11) is 0. The third-order valence-electron chi connectivity index (χ3n) is 2.98. The molecule has 20 heavy (non-hydrogen) atoms. The zero-order valence-corrected chi connectivity index (χ0v) is 12.7. The number of fused-ring (bicyclic) bond motifs is 1. The molecule has 2 heterocycles. The summed E-state index contributed by atoms with van der Waals surface area (Å²) in [6.07, 6.45) is 2.35. The van der Waals surface area contributed by atoms with Crippen LogP contribution in [0.25, 0.3) is 11.2 Å². The van der Waals surface area contributed by atoms with E-state index < -0.39 is 0 Å². The summed E-state index contributed by atoms with van der Waals surface area (Å²) >= 11 is 5.82. The summed E-state index contributed by atoms with van der Waals surface area (Å²) in [4.78, 5) is 20.9. The first-order valence-electron chi connectivity index (χ1n) is 6.69. The molecule has 6 heteroatoms. The Morgan fingerprint density at radius 3 is 2.90 bits per heavy atom. The number of hydrogen-bond donors (Lipinski definition) is 1. The highest BCUT2D eigenvalue weighted by molar-refractivity contribution is 6.17. The van der Waals surface area contributed by atoms with Crippen molar-refractivity contribution in [1.82, 2.24) is 19.9 Å². The van der Waals surface area contributed by atoms with Crippen molar-refractivity contribution < 1.29 is 4.79 Å². The Morgan fingerprint density at radius 1 is 1.50 bits per heavy atom. The third-order valence-corrected chi connectivity index (χ3v) is 3.17. The van der Waals surface area contributed by atoms with Crippen molar-refractivity contribution in [3.05, 3.63) is 23.7 Å². The van der Waals surface area contributed by atoms with E-state index in [1.165, 1.54) is 0 Å². The van der Waals surface area contributed by atoms with Crippen LogP contribution in [0, 0.1) is 6.92 Å². The number of pyridine rings is 1. The molecule has 108 valence electrons. The Bertz CT molecular complexity index is 621. The Balaban J connectivity index is 2.41. The van der Waals surface area contributed by atoms with Crippen LogP contribution < -0.4 is 5.32 Å². The Kier molecular flexibility index (Phi) is 4.60. The Morgan fingerprint density at radius 2 is 2.25 bits per heavy atom. The maximum atomic E-state index is 12.0. The second kappa shape index (κ2) is 6.22. The molecule has 0 saturated carbocycles. The highest BCUT2D eigenvalue weighted by Crippen LogP contribution is 2.18. The lowest BCUT2D eigenvalue weighted by atomic mass is 10.3. The quantitative estimate of drug-likeness (QED) is 0.859. The van der Waals surface area contributed by atoms with Crippen LogP contribution in [0.3, 0.4) is 0 Å². The molecule has 0 aromatic carbocycles. The van der Waals surface area contributed by atoms with Crippen molar-refractivity contribution in [2.75, 3.05) is 5.88 Å². The molecule has 2 rings (SSSR count). The average molecular weight is 295 g/mol. The Labute approximate surface area is 123 Å². The van der Waals surface area contributed by atoms with Crippen LogP contribution in [0.2, 0.25) is 0 Å². The lowest BCUT2D eigenvalue weighted by Crippen LogP contribution is -2.33. The van der Waals surface area contributed by atoms with E-state index in [4.69, 9.17) is 11.6 Å². The number of halogens is 1. The molecule has 0 aliphatic carbocycles. The van der Waals surface area contributed by atoms with E-state index >= 15 is 0 Å². The average Bonchev–Trinajstić information content (AvgIpc) is 2.69. The first-order valence-corrected chi connectivity index (χ1v) is 7.22. The van der Waals surface area contributed by atoms with Crippen molar-refractivity contribution in [3.8, 4) is 0 Å². The van der Waals surface area contributed by atoms with Crippen LogP contribution in [0.1, 0.15) is 25.2 Å². The number of nitrogens with one attached hydrogen (secondary N) is 1. The number of imidazole rings is 1. The van der Waals surface area contributed by atoms with Crippen LogP contribution in [-0.4, -0.2) is 32.4 Å². The van der Waals surface area contributed by atoms with Gasteiger partial charge in [0, 0.05) is 24.5 Å². The third kappa shape index (κ3) is 3.10. The van der Waals surface area contributed by atoms with Gasteiger partial charge in [-0.05, 0) is 32.4 Å². The number of aryl methyl sites for hydroxylation is 2. The monoisotopic (exact) mass is 294 g/mol. The molecule has 2 aromatic rings. The fraction of sp³-hybridized carbons (Fsp3) is 0.500. The first kappa shape index (κ1) is 14.8. The molecule has 0 unspecified atom stereocenters. The number of carbonyl (C=O) groups is 1. The molecule has 0 bridgehead atoms. The van der Waals surface area contributed by atoms with Crippen molar-refractivity contribution in [1.29, 1.82) is 0 Å². The standard InChI is InChI=1S/C14H19ClN4O/c1-9(2)17-12(20)8-19-11(4-6-15)18-13-10(3)5-7-16-14(13)19/h5,7,9H,4,6,8H2,1-3H3,(H,17,20). The lowest BCUT2D eigenvalue weighted by Gasteiger charge is -2.11. The van der Waals surface area contributed by atoms with Gasteiger partial charge >= 0.3 is 0 Å². The summed E-state index contributed by atoms with van der Waals surface area (Å²) in [5.74, 6) is 1.22. The number of alkyl halides is 1. The van der Waals surface area contributed by atoms with Crippen LogP contribution in [0.5, 0.6) is 0 Å². The molecule has 0 aliphatic heterocycles. The number of aromatic nitrogens is 3. The van der Waals surface area contributed by atoms with Gasteiger partial charge in [0.15, 0.2) is 5.65 Å². The second-order valence-corrected chi connectivity index (χ2v) is 5.45. The molecule has 1 amide bonds. The van der Waals surface area contributed by atoms with Crippen LogP contribution >= 0.6 is 11.6 Å². The lowest BCUT2D eigenvalue weighted by molar-refractivity contribution is -0.122. The predicted octanol–water partition coefficient (Wildman–Crippen LogP) is 2.05. The van der Waals surface area contributed by atoms with Gasteiger partial charge in [-0.3, -0.25) is 4.79 Å². The zero-order valence-electron chi connectivity index (χ0n) is 12.0. The maximum absolute atomic E-state index is 12.0. The minimum Gasteiger partial charge on any atom is -0.352 e. The summed E-state index contributed by atoms with van der Waals surface area (Å²) in [6.45, 7) is 6.08. The van der Waals surface area contributed by atoms with Crippen LogP contribution in [0.4, 0.5) is 0 Å². The van der Waals surface area contributed by atoms with E-state index in [9.17, 15) is 4.79 Å². The van der Waals surface area contributed by atoms with E-state index in [-0.39, 0.29) is 18.5 Å². The van der Waals surface area contributed by atoms with Crippen molar-refractivity contribution in [2.24, 2.45) is 0 Å². The van der Waals surface area contributed by atoms with Crippen molar-refractivity contribution in [2.45, 2.75) is 39.8 Å². The normalized spacial score (nSPS) is 11.2. The molecule has 0 radical (unpaired) electrons. The molecule has 2 aromatic heterocycles. The minimum absolute atomic E-state index is 0.0431. The van der Waals surface area contributed by atoms with Gasteiger partial charge in [0.1, 0.15) is 17.9 Å². The molecule has 0 aliphatic rings. The van der Waals surface area contributed by atoms with Crippen LogP contribution in [-0.2, 0) is 17.8 Å². The number of rotatable bonds is 5. The van der Waals surface area contributed by atoms with Gasteiger partial charge in [0.05, 0.1) is 0 Å². The topological polar surface area (TPSA) is 59.8 Å². The fourth-order valence-electron chi connectivity index (χ4n) is 2.14. The van der Waals surface area contributed by atoms with E-state index in [1.54, 1.807) is 6.20 Å². The van der Waals surface area contributed by atoms with Crippen molar-refractivity contribution >= 4 is 28.7 Å². The molecule has 0 spiro atoms. The maximum Gasteiger partial charge on any atom is 0.240 e. The van der Waals surface area contributed by atoms with Gasteiger partial charge in [-0.2, -0.15) is 0 Å². The molecular formula is C14H19ClN4O. The van der Waals surface area contributed by atoms with Gasteiger partial charge < -0.3 is 9.88 Å². The highest BCUT2D eigenvalue weighted by Gasteiger charge is 2.15. The summed E-state index contributed by atoms with van der Waals surface area (Å²) in [6, 6.07) is 2.03. The largest absolute Gasteiger partial charge is 0.352 e. The number of nitrogens with zero attached hydrogens (tertiary/aromatic N) is 3. The smallest absolute Gasteiger partial charge is 0.240 e. The zero-order chi connectivity index (χ0) is 14.7. The Hall–Kier alpha value is -1.62. The molecule has 1 N–H and O–H groups in total. The summed E-state index contributed by atoms with van der Waals surface area (Å²) in [5, 5.41) is 2.88. The van der Waals surface area contributed by atoms with Gasteiger partial charge in [-0.1, -0.05) is 0 Å². The highest BCUT2D eigenvalue weighted by atomic mass is 35.5. The second-order valence-electron chi connectivity index (χ2n) is 5.08. The number of hydrogen-bond acceptors (Lipinski definition) is 3. The molecule has 0 fully saturated rings. The SMILES string of the molecule is Cc1ccnc2c1nc(CCCl)n2CC(=O)NC(C)C. The fourth-order valence-corrected chi connectivity index (χ4v) is 2.31. The van der Waals surface area contributed by atoms with Crippen molar-refractivity contribution in [3.63, 3.8) is 0 Å². The summed E-state index contributed by atoms with van der Waals surface area (Å²) < 4.78 is 1.85. The van der Waals surface area contributed by atoms with Gasteiger partial charge in [-0.15, -0.1) is 11.6 Å². The van der Waals surface area contributed by atoms with Gasteiger partial charge in [-0.25, -0.2) is 9.97 Å². The van der Waals surface area contributed by atoms with E-state index in [0.717, 1.165) is 22.6 Å². The first-order chi connectivity index (χ1) is 9.52.